The van der Waals surface area contributed by atoms with Gasteiger partial charge in [-0.05, 0) is 18.4 Å². The van der Waals surface area contributed by atoms with E-state index in [0.717, 1.165) is 10.6 Å². The lowest BCUT2D eigenvalue weighted by molar-refractivity contribution is 0.404. The lowest BCUT2D eigenvalue weighted by atomic mass is 10.2. The lowest BCUT2D eigenvalue weighted by Crippen LogP contribution is -1.88. The molecule has 0 saturated carbocycles. The molecule has 62 valence electrons. The normalized spacial score (nSPS) is 9.08. The molecule has 0 fully saturated rings. The number of hydrogen-bond acceptors (Lipinski definition) is 3. The molecule has 0 saturated heterocycles. The van der Waals surface area contributed by atoms with Crippen LogP contribution >= 0.6 is 11.8 Å². The third-order valence-corrected chi connectivity index (χ3v) is 2.35. The van der Waals surface area contributed by atoms with Gasteiger partial charge in [0.1, 0.15) is 11.8 Å². The number of nitriles is 1. The highest BCUT2D eigenvalue weighted by Crippen LogP contribution is 2.30. The Morgan fingerprint density at radius 1 is 1.50 bits per heavy atom. The fraction of sp³-hybridized carbons (Fsp3) is 0.222. The molecule has 1 rings (SSSR count). The van der Waals surface area contributed by atoms with Crippen LogP contribution in [0.15, 0.2) is 23.1 Å². The summed E-state index contributed by atoms with van der Waals surface area (Å²) in [5.74, 6) is 0.765. The van der Waals surface area contributed by atoms with Crippen molar-refractivity contribution >= 4 is 11.8 Å². The minimum absolute atomic E-state index is 0.668. The average Bonchev–Trinajstić information content (AvgIpc) is 2.16. The van der Waals surface area contributed by atoms with E-state index >= 15 is 0 Å². The van der Waals surface area contributed by atoms with Crippen LogP contribution < -0.4 is 4.74 Å². The molecule has 0 N–H and O–H groups in total. The van der Waals surface area contributed by atoms with Crippen molar-refractivity contribution in [1.29, 1.82) is 5.26 Å². The topological polar surface area (TPSA) is 33.0 Å². The van der Waals surface area contributed by atoms with Crippen molar-refractivity contribution in [3.05, 3.63) is 23.8 Å². The van der Waals surface area contributed by atoms with Crippen LogP contribution in [0.1, 0.15) is 5.56 Å². The van der Waals surface area contributed by atoms with E-state index < -0.39 is 0 Å². The molecule has 0 aliphatic carbocycles. The maximum absolute atomic E-state index is 8.75. The molecule has 0 radical (unpaired) electrons. The Hall–Kier alpha value is -1.14. The molecule has 1 aromatic carbocycles. The van der Waals surface area contributed by atoms with Crippen molar-refractivity contribution in [3.63, 3.8) is 0 Å². The van der Waals surface area contributed by atoms with E-state index in [4.69, 9.17) is 10.00 Å². The van der Waals surface area contributed by atoms with Gasteiger partial charge in [-0.3, -0.25) is 0 Å². The molecule has 0 unspecified atom stereocenters. The first-order valence-electron chi connectivity index (χ1n) is 3.44. The fourth-order valence-corrected chi connectivity index (χ4v) is 1.66. The second kappa shape index (κ2) is 4.03. The van der Waals surface area contributed by atoms with Crippen LogP contribution in [0.3, 0.4) is 0 Å². The van der Waals surface area contributed by atoms with Crippen LogP contribution in [0.4, 0.5) is 0 Å². The Morgan fingerprint density at radius 2 is 2.25 bits per heavy atom. The lowest BCUT2D eigenvalue weighted by Gasteiger charge is -2.06. The zero-order valence-electron chi connectivity index (χ0n) is 7.00. The SMILES string of the molecule is COc1cccc(C#N)c1SC. The van der Waals surface area contributed by atoms with Crippen molar-refractivity contribution in [2.45, 2.75) is 4.90 Å². The van der Waals surface area contributed by atoms with Gasteiger partial charge in [0.15, 0.2) is 0 Å². The van der Waals surface area contributed by atoms with E-state index in [2.05, 4.69) is 6.07 Å². The molecule has 0 spiro atoms. The van der Waals surface area contributed by atoms with Crippen LogP contribution in [0.5, 0.6) is 5.75 Å². The summed E-state index contributed by atoms with van der Waals surface area (Å²) in [7, 11) is 1.61. The Balaban J connectivity index is 3.24. The van der Waals surface area contributed by atoms with E-state index in [1.54, 1.807) is 13.2 Å². The third-order valence-electron chi connectivity index (χ3n) is 1.52. The largest absolute Gasteiger partial charge is 0.496 e. The first-order chi connectivity index (χ1) is 5.83. The fourth-order valence-electron chi connectivity index (χ4n) is 0.975. The monoisotopic (exact) mass is 179 g/mol. The highest BCUT2D eigenvalue weighted by Gasteiger charge is 2.05. The molecule has 0 atom stereocenters. The van der Waals surface area contributed by atoms with Gasteiger partial charge in [-0.15, -0.1) is 11.8 Å². The first-order valence-corrected chi connectivity index (χ1v) is 4.67. The molecule has 12 heavy (non-hydrogen) atoms. The molecule has 0 heterocycles. The molecular weight excluding hydrogens is 170 g/mol. The Morgan fingerprint density at radius 3 is 2.75 bits per heavy atom. The predicted molar refractivity (Wildman–Crippen MR) is 49.5 cm³/mol. The summed E-state index contributed by atoms with van der Waals surface area (Å²) in [6.45, 7) is 0. The highest BCUT2D eigenvalue weighted by molar-refractivity contribution is 7.98. The molecule has 0 amide bonds. The first kappa shape index (κ1) is 8.95. The molecule has 0 bridgehead atoms. The number of methoxy groups -OCH3 is 1. The van der Waals surface area contributed by atoms with Crippen molar-refractivity contribution in [3.8, 4) is 11.8 Å². The maximum atomic E-state index is 8.75. The summed E-state index contributed by atoms with van der Waals surface area (Å²) in [6, 6.07) is 7.58. The quantitative estimate of drug-likeness (QED) is 0.653. The molecule has 0 aliphatic heterocycles. The van der Waals surface area contributed by atoms with Gasteiger partial charge in [-0.25, -0.2) is 0 Å². The Labute approximate surface area is 76.2 Å². The van der Waals surface area contributed by atoms with E-state index in [0.29, 0.717) is 5.56 Å². The summed E-state index contributed by atoms with van der Waals surface area (Å²) in [5, 5.41) is 8.75. The summed E-state index contributed by atoms with van der Waals surface area (Å²) >= 11 is 1.52. The molecule has 1 aromatic rings. The van der Waals surface area contributed by atoms with Gasteiger partial charge in [-0.1, -0.05) is 6.07 Å². The smallest absolute Gasteiger partial charge is 0.133 e. The van der Waals surface area contributed by atoms with Gasteiger partial charge in [-0.2, -0.15) is 5.26 Å². The van der Waals surface area contributed by atoms with Crippen molar-refractivity contribution in [1.82, 2.24) is 0 Å². The highest BCUT2D eigenvalue weighted by atomic mass is 32.2. The molecule has 2 nitrogen and oxygen atoms in total. The number of benzene rings is 1. The Kier molecular flexibility index (Phi) is 3.01. The molecular formula is C9H9NOS. The third kappa shape index (κ3) is 1.54. The minimum Gasteiger partial charge on any atom is -0.496 e. The molecule has 3 heteroatoms. The number of nitrogens with zero attached hydrogens (tertiary/aromatic N) is 1. The standard InChI is InChI=1S/C9H9NOS/c1-11-8-5-3-4-7(6-10)9(8)12-2/h3-5H,1-2H3. The van der Waals surface area contributed by atoms with Gasteiger partial charge in [0.05, 0.1) is 17.6 Å². The second-order valence-electron chi connectivity index (χ2n) is 2.15. The van der Waals surface area contributed by atoms with Gasteiger partial charge >= 0.3 is 0 Å². The molecule has 0 aromatic heterocycles. The van der Waals surface area contributed by atoms with Crippen LogP contribution in [-0.4, -0.2) is 13.4 Å². The number of thioether (sulfide) groups is 1. The predicted octanol–water partition coefficient (Wildman–Crippen LogP) is 2.29. The Bertz CT molecular complexity index is 317. The maximum Gasteiger partial charge on any atom is 0.133 e. The van der Waals surface area contributed by atoms with Gasteiger partial charge in [0.25, 0.3) is 0 Å². The van der Waals surface area contributed by atoms with Gasteiger partial charge < -0.3 is 4.74 Å². The second-order valence-corrected chi connectivity index (χ2v) is 2.97. The molecule has 0 aliphatic rings. The van der Waals surface area contributed by atoms with E-state index in [9.17, 15) is 0 Å². The number of hydrogen-bond donors (Lipinski definition) is 0. The number of rotatable bonds is 2. The van der Waals surface area contributed by atoms with Crippen molar-refractivity contribution < 1.29 is 4.74 Å². The number of ether oxygens (including phenoxy) is 1. The zero-order chi connectivity index (χ0) is 8.97. The summed E-state index contributed by atoms with van der Waals surface area (Å²) < 4.78 is 5.11. The van der Waals surface area contributed by atoms with Crippen LogP contribution in [-0.2, 0) is 0 Å². The minimum atomic E-state index is 0.668. The average molecular weight is 179 g/mol. The van der Waals surface area contributed by atoms with Crippen LogP contribution in [0, 0.1) is 11.3 Å². The van der Waals surface area contributed by atoms with E-state index in [1.165, 1.54) is 11.8 Å². The van der Waals surface area contributed by atoms with Crippen LogP contribution in [0.2, 0.25) is 0 Å². The van der Waals surface area contributed by atoms with Crippen molar-refractivity contribution in [2.24, 2.45) is 0 Å². The summed E-state index contributed by atoms with van der Waals surface area (Å²) in [5.41, 5.74) is 0.668. The summed E-state index contributed by atoms with van der Waals surface area (Å²) in [6.07, 6.45) is 1.93. The van der Waals surface area contributed by atoms with Gasteiger partial charge in [0.2, 0.25) is 0 Å². The van der Waals surface area contributed by atoms with Gasteiger partial charge in [0, 0.05) is 0 Å². The van der Waals surface area contributed by atoms with E-state index in [-0.39, 0.29) is 0 Å². The van der Waals surface area contributed by atoms with Crippen molar-refractivity contribution in [2.75, 3.05) is 13.4 Å². The summed E-state index contributed by atoms with van der Waals surface area (Å²) in [4.78, 5) is 0.905. The van der Waals surface area contributed by atoms with Crippen LogP contribution in [0.25, 0.3) is 0 Å². The zero-order valence-corrected chi connectivity index (χ0v) is 7.81. The van der Waals surface area contributed by atoms with E-state index in [1.807, 2.05) is 18.4 Å².